The molecule has 0 aromatic carbocycles. The van der Waals surface area contributed by atoms with Crippen LogP contribution in [0.2, 0.25) is 0 Å². The van der Waals surface area contributed by atoms with Crippen molar-refractivity contribution in [2.45, 2.75) is 25.9 Å². The van der Waals surface area contributed by atoms with Crippen LogP contribution in [0, 0.1) is 5.92 Å². The molecule has 2 atom stereocenters. The molecule has 0 aliphatic carbocycles. The summed E-state index contributed by atoms with van der Waals surface area (Å²) >= 11 is 0. The minimum Gasteiger partial charge on any atom is -0.381 e. The molecule has 1 aliphatic heterocycles. The molecular weight excluding hydrogens is 180 g/mol. The predicted octanol–water partition coefficient (Wildman–Crippen LogP) is 0.319. The maximum atomic E-state index is 5.37. The molecule has 1 fully saturated rings. The van der Waals surface area contributed by atoms with E-state index in [0.717, 1.165) is 32.0 Å². The number of nitrogens with zero attached hydrogens (tertiary/aromatic N) is 2. The van der Waals surface area contributed by atoms with Crippen molar-refractivity contribution >= 4 is 0 Å². The Morgan fingerprint density at radius 2 is 2.64 bits per heavy atom. The third-order valence-electron chi connectivity index (χ3n) is 2.64. The largest absolute Gasteiger partial charge is 0.381 e. The lowest BCUT2D eigenvalue weighted by Gasteiger charge is -2.29. The fourth-order valence-corrected chi connectivity index (χ4v) is 1.73. The molecule has 0 saturated carbocycles. The van der Waals surface area contributed by atoms with Gasteiger partial charge in [0.25, 0.3) is 0 Å². The van der Waals surface area contributed by atoms with Gasteiger partial charge in [-0.1, -0.05) is 6.92 Å². The van der Waals surface area contributed by atoms with E-state index >= 15 is 0 Å². The first-order valence-electron chi connectivity index (χ1n) is 5.01. The molecule has 5 nitrogen and oxygen atoms in total. The Balaban J connectivity index is 1.79. The van der Waals surface area contributed by atoms with Crippen LogP contribution in [-0.2, 0) is 11.3 Å². The van der Waals surface area contributed by atoms with Gasteiger partial charge in [-0.2, -0.15) is 5.10 Å². The van der Waals surface area contributed by atoms with Gasteiger partial charge in [-0.3, -0.25) is 5.10 Å². The van der Waals surface area contributed by atoms with Crippen molar-refractivity contribution in [1.29, 1.82) is 0 Å². The second-order valence-electron chi connectivity index (χ2n) is 3.76. The van der Waals surface area contributed by atoms with Crippen molar-refractivity contribution in [3.05, 3.63) is 12.2 Å². The SMILES string of the molecule is CC1COCCC1NCc1ncn[nH]1. The van der Waals surface area contributed by atoms with Gasteiger partial charge in [0.2, 0.25) is 0 Å². The van der Waals surface area contributed by atoms with Crippen LogP contribution < -0.4 is 5.32 Å². The van der Waals surface area contributed by atoms with E-state index in [1.807, 2.05) is 0 Å². The van der Waals surface area contributed by atoms with Crippen molar-refractivity contribution in [3.63, 3.8) is 0 Å². The molecule has 1 aromatic rings. The van der Waals surface area contributed by atoms with E-state index in [1.54, 1.807) is 0 Å². The number of ether oxygens (including phenoxy) is 1. The van der Waals surface area contributed by atoms with Crippen LogP contribution in [0.4, 0.5) is 0 Å². The standard InChI is InChI=1S/C9H16N4O/c1-7-5-14-3-2-8(7)10-4-9-11-6-12-13-9/h6-8,10H,2-5H2,1H3,(H,11,12,13). The molecule has 5 heteroatoms. The van der Waals surface area contributed by atoms with Crippen LogP contribution in [0.3, 0.4) is 0 Å². The van der Waals surface area contributed by atoms with Gasteiger partial charge >= 0.3 is 0 Å². The summed E-state index contributed by atoms with van der Waals surface area (Å²) < 4.78 is 5.37. The van der Waals surface area contributed by atoms with Crippen molar-refractivity contribution in [2.24, 2.45) is 5.92 Å². The molecule has 1 aromatic heterocycles. The quantitative estimate of drug-likeness (QED) is 0.730. The van der Waals surface area contributed by atoms with Crippen LogP contribution in [0.15, 0.2) is 6.33 Å². The van der Waals surface area contributed by atoms with E-state index in [-0.39, 0.29) is 0 Å². The van der Waals surface area contributed by atoms with E-state index < -0.39 is 0 Å². The predicted molar refractivity (Wildman–Crippen MR) is 51.6 cm³/mol. The first-order chi connectivity index (χ1) is 6.86. The summed E-state index contributed by atoms with van der Waals surface area (Å²) in [4.78, 5) is 4.07. The smallest absolute Gasteiger partial charge is 0.138 e. The third kappa shape index (κ3) is 2.30. The number of H-pyrrole nitrogens is 1. The fraction of sp³-hybridized carbons (Fsp3) is 0.778. The van der Waals surface area contributed by atoms with Crippen molar-refractivity contribution in [1.82, 2.24) is 20.5 Å². The molecule has 78 valence electrons. The Labute approximate surface area is 83.3 Å². The summed E-state index contributed by atoms with van der Waals surface area (Å²) in [6.07, 6.45) is 2.61. The highest BCUT2D eigenvalue weighted by Crippen LogP contribution is 2.13. The van der Waals surface area contributed by atoms with E-state index in [2.05, 4.69) is 27.4 Å². The molecule has 0 radical (unpaired) electrons. The number of aromatic nitrogens is 3. The van der Waals surface area contributed by atoms with Crippen molar-refractivity contribution in [2.75, 3.05) is 13.2 Å². The van der Waals surface area contributed by atoms with E-state index in [9.17, 15) is 0 Å². The van der Waals surface area contributed by atoms with E-state index in [1.165, 1.54) is 6.33 Å². The van der Waals surface area contributed by atoms with Gasteiger partial charge in [-0.05, 0) is 12.3 Å². The molecule has 2 unspecified atom stereocenters. The maximum Gasteiger partial charge on any atom is 0.138 e. The summed E-state index contributed by atoms with van der Waals surface area (Å²) in [6.45, 7) is 4.68. The van der Waals surface area contributed by atoms with Crippen LogP contribution in [0.25, 0.3) is 0 Å². The highest BCUT2D eigenvalue weighted by Gasteiger charge is 2.21. The second kappa shape index (κ2) is 4.52. The monoisotopic (exact) mass is 196 g/mol. The molecule has 14 heavy (non-hydrogen) atoms. The molecule has 2 rings (SSSR count). The van der Waals surface area contributed by atoms with Crippen LogP contribution >= 0.6 is 0 Å². The number of aromatic amines is 1. The lowest BCUT2D eigenvalue weighted by atomic mass is 9.98. The van der Waals surface area contributed by atoms with E-state index in [0.29, 0.717) is 12.0 Å². The zero-order chi connectivity index (χ0) is 9.80. The molecular formula is C9H16N4O. The molecule has 2 heterocycles. The highest BCUT2D eigenvalue weighted by atomic mass is 16.5. The summed E-state index contributed by atoms with van der Waals surface area (Å²) in [7, 11) is 0. The van der Waals surface area contributed by atoms with Crippen LogP contribution in [-0.4, -0.2) is 34.4 Å². The first-order valence-corrected chi connectivity index (χ1v) is 5.01. The minimum absolute atomic E-state index is 0.536. The maximum absolute atomic E-state index is 5.37. The Kier molecular flexibility index (Phi) is 3.10. The number of hydrogen-bond donors (Lipinski definition) is 2. The lowest BCUT2D eigenvalue weighted by Crippen LogP contribution is -2.41. The molecule has 1 aliphatic rings. The first kappa shape index (κ1) is 9.61. The molecule has 0 spiro atoms. The van der Waals surface area contributed by atoms with Crippen molar-refractivity contribution in [3.8, 4) is 0 Å². The van der Waals surface area contributed by atoms with Gasteiger partial charge < -0.3 is 10.1 Å². The fourth-order valence-electron chi connectivity index (χ4n) is 1.73. The minimum atomic E-state index is 0.536. The number of nitrogens with one attached hydrogen (secondary N) is 2. The Hall–Kier alpha value is -0.940. The summed E-state index contributed by atoms with van der Waals surface area (Å²) in [5.41, 5.74) is 0. The molecule has 0 amide bonds. The summed E-state index contributed by atoms with van der Waals surface area (Å²) in [6, 6.07) is 0.536. The summed E-state index contributed by atoms with van der Waals surface area (Å²) in [5, 5.41) is 10.1. The lowest BCUT2D eigenvalue weighted by molar-refractivity contribution is 0.0384. The zero-order valence-corrected chi connectivity index (χ0v) is 8.36. The van der Waals surface area contributed by atoms with Gasteiger partial charge in [-0.25, -0.2) is 4.98 Å². The van der Waals surface area contributed by atoms with Crippen molar-refractivity contribution < 1.29 is 4.74 Å². The van der Waals surface area contributed by atoms with Gasteiger partial charge in [0.05, 0.1) is 13.2 Å². The number of rotatable bonds is 3. The normalized spacial score (nSPS) is 27.8. The molecule has 0 bridgehead atoms. The van der Waals surface area contributed by atoms with Gasteiger partial charge in [0.15, 0.2) is 0 Å². The third-order valence-corrected chi connectivity index (χ3v) is 2.64. The second-order valence-corrected chi connectivity index (χ2v) is 3.76. The topological polar surface area (TPSA) is 62.8 Å². The van der Waals surface area contributed by atoms with E-state index in [4.69, 9.17) is 4.74 Å². The van der Waals surface area contributed by atoms with Crippen LogP contribution in [0.5, 0.6) is 0 Å². The van der Waals surface area contributed by atoms with Crippen LogP contribution in [0.1, 0.15) is 19.2 Å². The molecule has 2 N–H and O–H groups in total. The highest BCUT2D eigenvalue weighted by molar-refractivity contribution is 4.83. The number of hydrogen-bond acceptors (Lipinski definition) is 4. The Bertz CT molecular complexity index is 262. The Morgan fingerprint density at radius 1 is 1.71 bits per heavy atom. The van der Waals surface area contributed by atoms with Gasteiger partial charge in [0.1, 0.15) is 12.2 Å². The average Bonchev–Trinajstić information content (AvgIpc) is 2.69. The molecule has 1 saturated heterocycles. The zero-order valence-electron chi connectivity index (χ0n) is 8.36. The average molecular weight is 196 g/mol. The Morgan fingerprint density at radius 3 is 3.36 bits per heavy atom. The van der Waals surface area contributed by atoms with Gasteiger partial charge in [-0.15, -0.1) is 0 Å². The van der Waals surface area contributed by atoms with Gasteiger partial charge in [0, 0.05) is 12.6 Å². The summed E-state index contributed by atoms with van der Waals surface area (Å²) in [5.74, 6) is 1.47.